The molecule has 4 nitrogen and oxygen atoms in total. The highest BCUT2D eigenvalue weighted by Gasteiger charge is 2.04. The van der Waals surface area contributed by atoms with Crippen molar-refractivity contribution in [2.45, 2.75) is 6.42 Å². The summed E-state index contributed by atoms with van der Waals surface area (Å²) in [5.74, 6) is -0.337. The van der Waals surface area contributed by atoms with Gasteiger partial charge in [0.1, 0.15) is 0 Å². The molecule has 2 aromatic rings. The topological polar surface area (TPSA) is 71.8 Å². The maximum Gasteiger partial charge on any atom is 0.221 e. The standard InChI is InChI=1S/C9H9N3O/c10-8(13)4-6-2-1-3-7-5-11-12-9(6)7/h1-3,5H,4H2,(H2,10,13)(H,11,12). The second kappa shape index (κ2) is 2.90. The number of para-hydroxylation sites is 1. The fraction of sp³-hybridized carbons (Fsp3) is 0.111. The smallest absolute Gasteiger partial charge is 0.221 e. The maximum absolute atomic E-state index is 10.7. The summed E-state index contributed by atoms with van der Waals surface area (Å²) in [6, 6.07) is 5.67. The third-order valence-corrected chi connectivity index (χ3v) is 1.91. The molecule has 0 aliphatic carbocycles. The number of carbonyl (C=O) groups excluding carboxylic acids is 1. The van der Waals surface area contributed by atoms with Crippen LogP contribution in [0.3, 0.4) is 0 Å². The summed E-state index contributed by atoms with van der Waals surface area (Å²) in [4.78, 5) is 10.7. The number of amides is 1. The number of fused-ring (bicyclic) bond motifs is 1. The van der Waals surface area contributed by atoms with E-state index in [1.165, 1.54) is 0 Å². The molecule has 1 amide bonds. The van der Waals surface area contributed by atoms with E-state index in [1.807, 2.05) is 18.2 Å². The summed E-state index contributed by atoms with van der Waals surface area (Å²) in [5, 5.41) is 7.79. The van der Waals surface area contributed by atoms with E-state index in [2.05, 4.69) is 10.2 Å². The molecule has 1 heterocycles. The minimum atomic E-state index is -0.337. The lowest BCUT2D eigenvalue weighted by molar-refractivity contribution is -0.117. The first-order valence-corrected chi connectivity index (χ1v) is 3.97. The fourth-order valence-electron chi connectivity index (χ4n) is 1.36. The van der Waals surface area contributed by atoms with Gasteiger partial charge in [0.05, 0.1) is 11.9 Å². The van der Waals surface area contributed by atoms with Crippen molar-refractivity contribution in [3.8, 4) is 0 Å². The quantitative estimate of drug-likeness (QED) is 0.701. The number of benzene rings is 1. The molecule has 66 valence electrons. The van der Waals surface area contributed by atoms with Gasteiger partial charge in [-0.2, -0.15) is 5.10 Å². The highest BCUT2D eigenvalue weighted by Crippen LogP contribution is 2.15. The molecule has 0 aliphatic heterocycles. The van der Waals surface area contributed by atoms with E-state index in [4.69, 9.17) is 5.73 Å². The average molecular weight is 175 g/mol. The Morgan fingerprint density at radius 3 is 3.15 bits per heavy atom. The van der Waals surface area contributed by atoms with Crippen molar-refractivity contribution in [2.75, 3.05) is 0 Å². The van der Waals surface area contributed by atoms with Gasteiger partial charge in [-0.15, -0.1) is 0 Å². The van der Waals surface area contributed by atoms with Gasteiger partial charge in [-0.1, -0.05) is 18.2 Å². The zero-order valence-electron chi connectivity index (χ0n) is 6.95. The van der Waals surface area contributed by atoms with Crippen LogP contribution in [0, 0.1) is 0 Å². The lowest BCUT2D eigenvalue weighted by Gasteiger charge is -1.97. The van der Waals surface area contributed by atoms with Crippen molar-refractivity contribution in [3.05, 3.63) is 30.0 Å². The number of hydrogen-bond donors (Lipinski definition) is 2. The van der Waals surface area contributed by atoms with E-state index < -0.39 is 0 Å². The first-order valence-electron chi connectivity index (χ1n) is 3.97. The predicted octanol–water partition coefficient (Wildman–Crippen LogP) is 0.591. The van der Waals surface area contributed by atoms with E-state index in [1.54, 1.807) is 6.20 Å². The Balaban J connectivity index is 2.54. The van der Waals surface area contributed by atoms with Gasteiger partial charge in [0, 0.05) is 11.6 Å². The van der Waals surface area contributed by atoms with Gasteiger partial charge in [-0.25, -0.2) is 0 Å². The second-order valence-electron chi connectivity index (χ2n) is 2.88. The minimum absolute atomic E-state index is 0.238. The van der Waals surface area contributed by atoms with Crippen LogP contribution in [0.1, 0.15) is 5.56 Å². The number of carbonyl (C=O) groups is 1. The lowest BCUT2D eigenvalue weighted by Crippen LogP contribution is -2.13. The van der Waals surface area contributed by atoms with E-state index in [0.717, 1.165) is 16.5 Å². The first-order chi connectivity index (χ1) is 6.27. The number of H-pyrrole nitrogens is 1. The Labute approximate surface area is 74.7 Å². The summed E-state index contributed by atoms with van der Waals surface area (Å²) in [5.41, 5.74) is 6.79. The Bertz CT molecular complexity index is 447. The van der Waals surface area contributed by atoms with Crippen LogP contribution in [0.15, 0.2) is 24.4 Å². The van der Waals surface area contributed by atoms with E-state index >= 15 is 0 Å². The van der Waals surface area contributed by atoms with E-state index in [0.29, 0.717) is 0 Å². The van der Waals surface area contributed by atoms with Crippen LogP contribution in [0.5, 0.6) is 0 Å². The molecule has 0 fully saturated rings. The van der Waals surface area contributed by atoms with Crippen LogP contribution in [0.4, 0.5) is 0 Å². The molecule has 0 radical (unpaired) electrons. The van der Waals surface area contributed by atoms with Crippen LogP contribution in [-0.4, -0.2) is 16.1 Å². The third kappa shape index (κ3) is 1.38. The zero-order valence-corrected chi connectivity index (χ0v) is 6.95. The highest BCUT2D eigenvalue weighted by atomic mass is 16.1. The summed E-state index contributed by atoms with van der Waals surface area (Å²) < 4.78 is 0. The molecule has 3 N–H and O–H groups in total. The molecule has 0 bridgehead atoms. The van der Waals surface area contributed by atoms with Gasteiger partial charge in [0.15, 0.2) is 0 Å². The van der Waals surface area contributed by atoms with Crippen LogP contribution in [-0.2, 0) is 11.2 Å². The van der Waals surface area contributed by atoms with Crippen LogP contribution >= 0.6 is 0 Å². The Kier molecular flexibility index (Phi) is 1.73. The summed E-state index contributed by atoms with van der Waals surface area (Å²) in [7, 11) is 0. The largest absolute Gasteiger partial charge is 0.369 e. The average Bonchev–Trinajstić information content (AvgIpc) is 2.51. The number of nitrogens with zero attached hydrogens (tertiary/aromatic N) is 1. The van der Waals surface area contributed by atoms with Crippen molar-refractivity contribution in [1.82, 2.24) is 10.2 Å². The van der Waals surface area contributed by atoms with Crippen molar-refractivity contribution in [2.24, 2.45) is 5.73 Å². The van der Waals surface area contributed by atoms with Gasteiger partial charge in [0.2, 0.25) is 5.91 Å². The van der Waals surface area contributed by atoms with Crippen LogP contribution < -0.4 is 5.73 Å². The monoisotopic (exact) mass is 175 g/mol. The normalized spacial score (nSPS) is 10.5. The Morgan fingerprint density at radius 1 is 1.54 bits per heavy atom. The van der Waals surface area contributed by atoms with Crippen LogP contribution in [0.2, 0.25) is 0 Å². The van der Waals surface area contributed by atoms with E-state index in [9.17, 15) is 4.79 Å². The second-order valence-corrected chi connectivity index (χ2v) is 2.88. The molecule has 0 unspecified atom stereocenters. The van der Waals surface area contributed by atoms with Gasteiger partial charge in [-0.3, -0.25) is 9.89 Å². The number of nitrogens with one attached hydrogen (secondary N) is 1. The molecule has 0 saturated carbocycles. The summed E-state index contributed by atoms with van der Waals surface area (Å²) in [6.45, 7) is 0. The Morgan fingerprint density at radius 2 is 2.38 bits per heavy atom. The molecule has 1 aromatic heterocycles. The van der Waals surface area contributed by atoms with Crippen molar-refractivity contribution < 1.29 is 4.79 Å². The zero-order chi connectivity index (χ0) is 9.26. The van der Waals surface area contributed by atoms with Crippen molar-refractivity contribution >= 4 is 16.8 Å². The molecule has 13 heavy (non-hydrogen) atoms. The molecule has 0 atom stereocenters. The molecule has 2 rings (SSSR count). The van der Waals surface area contributed by atoms with Crippen molar-refractivity contribution in [1.29, 1.82) is 0 Å². The van der Waals surface area contributed by atoms with Crippen molar-refractivity contribution in [3.63, 3.8) is 0 Å². The molecular formula is C9H9N3O. The minimum Gasteiger partial charge on any atom is -0.369 e. The third-order valence-electron chi connectivity index (χ3n) is 1.91. The summed E-state index contributed by atoms with van der Waals surface area (Å²) in [6.07, 6.45) is 2.03. The SMILES string of the molecule is NC(=O)Cc1cccc2c[nH]nc12. The maximum atomic E-state index is 10.7. The number of aromatic amines is 1. The Hall–Kier alpha value is -1.84. The van der Waals surface area contributed by atoms with Crippen LogP contribution in [0.25, 0.3) is 10.9 Å². The summed E-state index contributed by atoms with van der Waals surface area (Å²) >= 11 is 0. The van der Waals surface area contributed by atoms with Gasteiger partial charge >= 0.3 is 0 Å². The number of rotatable bonds is 2. The molecule has 0 saturated heterocycles. The molecule has 0 spiro atoms. The van der Waals surface area contributed by atoms with Gasteiger partial charge in [-0.05, 0) is 5.56 Å². The molecule has 4 heteroatoms. The fourth-order valence-corrected chi connectivity index (χ4v) is 1.36. The van der Waals surface area contributed by atoms with E-state index in [-0.39, 0.29) is 12.3 Å². The number of primary amides is 1. The molecule has 1 aromatic carbocycles. The van der Waals surface area contributed by atoms with Gasteiger partial charge in [0.25, 0.3) is 0 Å². The first kappa shape index (κ1) is 7.79. The molecular weight excluding hydrogens is 166 g/mol. The number of nitrogens with two attached hydrogens (primary N) is 1. The highest BCUT2D eigenvalue weighted by molar-refractivity contribution is 5.86. The number of aromatic nitrogens is 2. The number of hydrogen-bond acceptors (Lipinski definition) is 2. The van der Waals surface area contributed by atoms with Gasteiger partial charge < -0.3 is 5.73 Å². The lowest BCUT2D eigenvalue weighted by atomic mass is 10.1. The molecule has 0 aliphatic rings. The predicted molar refractivity (Wildman–Crippen MR) is 49.0 cm³/mol.